The molecule has 2 aromatic carbocycles. The van der Waals surface area contributed by atoms with Crippen LogP contribution in [-0.2, 0) is 0 Å². The third-order valence-electron chi connectivity index (χ3n) is 2.45. The average Bonchev–Trinajstić information content (AvgIpc) is 2.33. The van der Waals surface area contributed by atoms with E-state index < -0.39 is 11.7 Å². The molecule has 0 spiro atoms. The molecule has 0 saturated carbocycles. The number of carboxylic acid groups (broad SMARTS) is 1. The van der Waals surface area contributed by atoms with Crippen LogP contribution in [-0.4, -0.2) is 21.3 Å². The van der Waals surface area contributed by atoms with Crippen molar-refractivity contribution >= 4 is 5.97 Å². The van der Waals surface area contributed by atoms with Crippen molar-refractivity contribution in [2.45, 2.75) is 0 Å². The third kappa shape index (κ3) is 1.92. The summed E-state index contributed by atoms with van der Waals surface area (Å²) in [6, 6.07) is 11.0. The maximum absolute atomic E-state index is 11.1. The van der Waals surface area contributed by atoms with Gasteiger partial charge in [0.25, 0.3) is 0 Å². The van der Waals surface area contributed by atoms with Crippen LogP contribution in [0.1, 0.15) is 10.4 Å². The standard InChI is InChI=1S/C13H10O4/c14-10-7-6-9(13(16)17)11(12(10)15)8-4-2-1-3-5-8/h1-7,14-15H,(H,16,17). The Bertz CT molecular complexity index is 561. The fraction of sp³-hybridized carbons (Fsp3) is 0. The number of benzene rings is 2. The molecule has 86 valence electrons. The molecule has 2 rings (SSSR count). The van der Waals surface area contributed by atoms with Crippen molar-refractivity contribution in [3.63, 3.8) is 0 Å². The summed E-state index contributed by atoms with van der Waals surface area (Å²) in [5.74, 6) is -1.91. The Labute approximate surface area is 97.4 Å². The topological polar surface area (TPSA) is 77.8 Å². The zero-order valence-electron chi connectivity index (χ0n) is 8.79. The molecule has 0 aromatic heterocycles. The van der Waals surface area contributed by atoms with Gasteiger partial charge in [-0.2, -0.15) is 0 Å². The van der Waals surface area contributed by atoms with Crippen molar-refractivity contribution in [3.05, 3.63) is 48.0 Å². The Morgan fingerprint density at radius 1 is 0.941 bits per heavy atom. The van der Waals surface area contributed by atoms with Crippen molar-refractivity contribution in [3.8, 4) is 22.6 Å². The molecule has 4 nitrogen and oxygen atoms in total. The first-order valence-corrected chi connectivity index (χ1v) is 4.95. The number of hydrogen-bond donors (Lipinski definition) is 3. The van der Waals surface area contributed by atoms with Gasteiger partial charge >= 0.3 is 5.97 Å². The predicted molar refractivity (Wildman–Crippen MR) is 62.2 cm³/mol. The molecule has 0 aliphatic rings. The van der Waals surface area contributed by atoms with E-state index in [0.29, 0.717) is 5.56 Å². The summed E-state index contributed by atoms with van der Waals surface area (Å²) < 4.78 is 0. The van der Waals surface area contributed by atoms with Crippen molar-refractivity contribution < 1.29 is 20.1 Å². The van der Waals surface area contributed by atoms with Gasteiger partial charge in [-0.25, -0.2) is 4.79 Å². The van der Waals surface area contributed by atoms with Gasteiger partial charge in [-0.05, 0) is 17.7 Å². The minimum Gasteiger partial charge on any atom is -0.504 e. The van der Waals surface area contributed by atoms with Crippen LogP contribution >= 0.6 is 0 Å². The summed E-state index contributed by atoms with van der Waals surface area (Å²) >= 11 is 0. The van der Waals surface area contributed by atoms with E-state index in [4.69, 9.17) is 5.11 Å². The zero-order chi connectivity index (χ0) is 12.4. The lowest BCUT2D eigenvalue weighted by atomic mass is 9.98. The fourth-order valence-corrected chi connectivity index (χ4v) is 1.66. The smallest absolute Gasteiger partial charge is 0.336 e. The second-order valence-electron chi connectivity index (χ2n) is 3.53. The van der Waals surface area contributed by atoms with Crippen LogP contribution in [0.15, 0.2) is 42.5 Å². The van der Waals surface area contributed by atoms with Crippen molar-refractivity contribution in [1.82, 2.24) is 0 Å². The number of carbonyl (C=O) groups is 1. The van der Waals surface area contributed by atoms with Gasteiger partial charge in [-0.3, -0.25) is 0 Å². The van der Waals surface area contributed by atoms with Crippen molar-refractivity contribution in [2.24, 2.45) is 0 Å². The summed E-state index contributed by atoms with van der Waals surface area (Å²) in [4.78, 5) is 11.1. The fourth-order valence-electron chi connectivity index (χ4n) is 1.66. The predicted octanol–water partition coefficient (Wildman–Crippen LogP) is 2.46. The van der Waals surface area contributed by atoms with Gasteiger partial charge < -0.3 is 15.3 Å². The number of aromatic hydroxyl groups is 2. The highest BCUT2D eigenvalue weighted by Gasteiger charge is 2.18. The number of phenolic OH excluding ortho intramolecular Hbond substituents is 2. The van der Waals surface area contributed by atoms with E-state index in [1.54, 1.807) is 30.3 Å². The minimum atomic E-state index is -1.15. The van der Waals surface area contributed by atoms with Crippen LogP contribution in [0.3, 0.4) is 0 Å². The maximum Gasteiger partial charge on any atom is 0.336 e. The summed E-state index contributed by atoms with van der Waals surface area (Å²) in [5.41, 5.74) is 0.614. The van der Waals surface area contributed by atoms with E-state index in [1.807, 2.05) is 0 Å². The number of phenols is 2. The van der Waals surface area contributed by atoms with Crippen molar-refractivity contribution in [2.75, 3.05) is 0 Å². The Balaban J connectivity index is 2.74. The van der Waals surface area contributed by atoms with Crippen LogP contribution in [0.2, 0.25) is 0 Å². The highest BCUT2D eigenvalue weighted by Crippen LogP contribution is 2.38. The largest absolute Gasteiger partial charge is 0.504 e. The lowest BCUT2D eigenvalue weighted by Gasteiger charge is -2.09. The monoisotopic (exact) mass is 230 g/mol. The number of rotatable bonds is 2. The summed E-state index contributed by atoms with van der Waals surface area (Å²) in [5, 5.41) is 28.2. The molecular formula is C13H10O4. The molecule has 0 bridgehead atoms. The number of aromatic carboxylic acids is 1. The molecule has 0 amide bonds. The molecule has 2 aromatic rings. The molecule has 0 radical (unpaired) electrons. The van der Waals surface area contributed by atoms with E-state index in [9.17, 15) is 15.0 Å². The van der Waals surface area contributed by atoms with Crippen LogP contribution in [0.4, 0.5) is 0 Å². The van der Waals surface area contributed by atoms with Gasteiger partial charge in [-0.15, -0.1) is 0 Å². The van der Waals surface area contributed by atoms with Gasteiger partial charge in [0.1, 0.15) is 0 Å². The Morgan fingerprint density at radius 3 is 2.18 bits per heavy atom. The molecule has 0 unspecified atom stereocenters. The molecule has 4 heteroatoms. The Hall–Kier alpha value is -2.49. The van der Waals surface area contributed by atoms with Gasteiger partial charge in [0.15, 0.2) is 11.5 Å². The SMILES string of the molecule is O=C(O)c1ccc(O)c(O)c1-c1ccccc1. The molecule has 0 atom stereocenters. The van der Waals surface area contributed by atoms with Crippen LogP contribution in [0.25, 0.3) is 11.1 Å². The van der Waals surface area contributed by atoms with Gasteiger partial charge in [0, 0.05) is 5.56 Å². The van der Waals surface area contributed by atoms with Gasteiger partial charge in [0.2, 0.25) is 0 Å². The van der Waals surface area contributed by atoms with Gasteiger partial charge in [-0.1, -0.05) is 30.3 Å². The average molecular weight is 230 g/mol. The van der Waals surface area contributed by atoms with E-state index in [0.717, 1.165) is 6.07 Å². The second kappa shape index (κ2) is 4.17. The number of hydrogen-bond acceptors (Lipinski definition) is 3. The summed E-state index contributed by atoms with van der Waals surface area (Å²) in [7, 11) is 0. The van der Waals surface area contributed by atoms with Gasteiger partial charge in [0.05, 0.1) is 5.56 Å². The molecule has 0 aliphatic carbocycles. The Morgan fingerprint density at radius 2 is 1.59 bits per heavy atom. The first kappa shape index (κ1) is 11.0. The first-order valence-electron chi connectivity index (χ1n) is 4.95. The summed E-state index contributed by atoms with van der Waals surface area (Å²) in [6.07, 6.45) is 0. The third-order valence-corrected chi connectivity index (χ3v) is 2.45. The molecule has 0 heterocycles. The highest BCUT2D eigenvalue weighted by molar-refractivity contribution is 5.98. The van der Waals surface area contributed by atoms with Crippen LogP contribution in [0, 0.1) is 0 Å². The van der Waals surface area contributed by atoms with E-state index in [1.165, 1.54) is 6.07 Å². The normalized spacial score (nSPS) is 10.1. The van der Waals surface area contributed by atoms with E-state index in [-0.39, 0.29) is 16.9 Å². The van der Waals surface area contributed by atoms with Crippen molar-refractivity contribution in [1.29, 1.82) is 0 Å². The minimum absolute atomic E-state index is 0.0495. The lowest BCUT2D eigenvalue weighted by molar-refractivity contribution is 0.0697. The summed E-state index contributed by atoms with van der Waals surface area (Å²) in [6.45, 7) is 0. The molecular weight excluding hydrogens is 220 g/mol. The molecule has 0 aliphatic heterocycles. The Kier molecular flexibility index (Phi) is 2.70. The molecule has 3 N–H and O–H groups in total. The number of carboxylic acids is 1. The quantitative estimate of drug-likeness (QED) is 0.692. The maximum atomic E-state index is 11.1. The zero-order valence-corrected chi connectivity index (χ0v) is 8.79. The second-order valence-corrected chi connectivity index (χ2v) is 3.53. The lowest BCUT2D eigenvalue weighted by Crippen LogP contribution is -1.99. The highest BCUT2D eigenvalue weighted by atomic mass is 16.4. The van der Waals surface area contributed by atoms with E-state index >= 15 is 0 Å². The molecule has 17 heavy (non-hydrogen) atoms. The first-order chi connectivity index (χ1) is 8.11. The molecule has 0 saturated heterocycles. The van der Waals surface area contributed by atoms with Crippen LogP contribution in [0.5, 0.6) is 11.5 Å². The van der Waals surface area contributed by atoms with E-state index in [2.05, 4.69) is 0 Å². The van der Waals surface area contributed by atoms with Crippen LogP contribution < -0.4 is 0 Å². The molecule has 0 fully saturated rings.